The van der Waals surface area contributed by atoms with Crippen LogP contribution in [0, 0.1) is 6.92 Å². The molecule has 0 aromatic carbocycles. The summed E-state index contributed by atoms with van der Waals surface area (Å²) in [6.07, 6.45) is 2.72. The summed E-state index contributed by atoms with van der Waals surface area (Å²) in [6.45, 7) is 10.5. The number of ether oxygens (including phenoxy) is 1. The third-order valence-corrected chi connectivity index (χ3v) is 4.82. The van der Waals surface area contributed by atoms with Gasteiger partial charge >= 0.3 is 0 Å². The molecule has 1 aromatic rings. The van der Waals surface area contributed by atoms with E-state index in [1.54, 1.807) is 0 Å². The third-order valence-electron chi connectivity index (χ3n) is 4.82. The average Bonchev–Trinajstić information content (AvgIpc) is 2.66. The first-order valence-corrected chi connectivity index (χ1v) is 9.38. The lowest BCUT2D eigenvalue weighted by Crippen LogP contribution is -2.49. The maximum Gasteiger partial charge on any atom is 0.227 e. The zero-order valence-corrected chi connectivity index (χ0v) is 15.4. The summed E-state index contributed by atoms with van der Waals surface area (Å²) in [7, 11) is 0. The van der Waals surface area contributed by atoms with Crippen molar-refractivity contribution in [2.24, 2.45) is 0 Å². The second-order valence-corrected chi connectivity index (χ2v) is 6.74. The fraction of sp³-hybridized carbons (Fsp3) is 0.722. The molecule has 0 atom stereocenters. The number of rotatable bonds is 5. The molecule has 138 valence electrons. The van der Waals surface area contributed by atoms with Crippen molar-refractivity contribution in [3.63, 3.8) is 0 Å². The molecule has 0 unspecified atom stereocenters. The summed E-state index contributed by atoms with van der Waals surface area (Å²) in [5.74, 6) is 2.05. The van der Waals surface area contributed by atoms with Gasteiger partial charge in [0.1, 0.15) is 5.82 Å². The van der Waals surface area contributed by atoms with Crippen LogP contribution in [0.5, 0.6) is 0 Å². The quantitative estimate of drug-likeness (QED) is 0.804. The Balaban J connectivity index is 1.63. The molecule has 7 heteroatoms. The topological polar surface area (TPSA) is 61.8 Å². The molecule has 2 aliphatic rings. The van der Waals surface area contributed by atoms with Gasteiger partial charge in [-0.2, -0.15) is 4.98 Å². The van der Waals surface area contributed by atoms with Crippen molar-refractivity contribution in [3.8, 4) is 0 Å². The number of unbranched alkanes of at least 4 members (excludes halogenated alkanes) is 1. The molecule has 1 aromatic heterocycles. The third kappa shape index (κ3) is 4.60. The van der Waals surface area contributed by atoms with E-state index < -0.39 is 0 Å². The van der Waals surface area contributed by atoms with Crippen LogP contribution in [0.3, 0.4) is 0 Å². The summed E-state index contributed by atoms with van der Waals surface area (Å²) in [4.78, 5) is 28.0. The van der Waals surface area contributed by atoms with Crippen LogP contribution in [0.1, 0.15) is 31.9 Å². The Labute approximate surface area is 150 Å². The summed E-state index contributed by atoms with van der Waals surface area (Å²) < 4.78 is 5.42. The Bertz CT molecular complexity index is 581. The minimum atomic E-state index is 0.286. The van der Waals surface area contributed by atoms with Gasteiger partial charge < -0.3 is 19.4 Å². The highest BCUT2D eigenvalue weighted by Gasteiger charge is 2.23. The Kier molecular flexibility index (Phi) is 6.07. The molecule has 0 bridgehead atoms. The lowest BCUT2D eigenvalue weighted by atomic mass is 10.2. The lowest BCUT2D eigenvalue weighted by Gasteiger charge is -2.36. The minimum absolute atomic E-state index is 0.286. The molecule has 3 rings (SSSR count). The monoisotopic (exact) mass is 347 g/mol. The normalized spacial score (nSPS) is 18.6. The van der Waals surface area contributed by atoms with Crippen LogP contribution in [0.2, 0.25) is 0 Å². The number of hydrogen-bond donors (Lipinski definition) is 0. The second kappa shape index (κ2) is 8.47. The van der Waals surface area contributed by atoms with E-state index in [1.807, 2.05) is 17.9 Å². The van der Waals surface area contributed by atoms with E-state index in [2.05, 4.69) is 21.7 Å². The van der Waals surface area contributed by atoms with Crippen LogP contribution < -0.4 is 9.80 Å². The van der Waals surface area contributed by atoms with E-state index in [1.165, 1.54) is 0 Å². The first kappa shape index (κ1) is 17.9. The van der Waals surface area contributed by atoms with Crippen molar-refractivity contribution in [2.45, 2.75) is 33.1 Å². The van der Waals surface area contributed by atoms with Gasteiger partial charge in [0.05, 0.1) is 13.2 Å². The van der Waals surface area contributed by atoms with Gasteiger partial charge in [0.25, 0.3) is 0 Å². The van der Waals surface area contributed by atoms with E-state index in [4.69, 9.17) is 9.72 Å². The van der Waals surface area contributed by atoms with Crippen molar-refractivity contribution in [1.82, 2.24) is 14.9 Å². The molecule has 0 N–H and O–H groups in total. The zero-order valence-electron chi connectivity index (χ0n) is 15.4. The minimum Gasteiger partial charge on any atom is -0.378 e. The van der Waals surface area contributed by atoms with Crippen molar-refractivity contribution < 1.29 is 9.53 Å². The number of aryl methyl sites for hydroxylation is 1. The summed E-state index contributed by atoms with van der Waals surface area (Å²) in [6, 6.07) is 2.04. The van der Waals surface area contributed by atoms with E-state index in [-0.39, 0.29) is 5.91 Å². The molecule has 1 amide bonds. The van der Waals surface area contributed by atoms with Crippen LogP contribution in [0.25, 0.3) is 0 Å². The largest absolute Gasteiger partial charge is 0.378 e. The predicted molar refractivity (Wildman–Crippen MR) is 98.1 cm³/mol. The van der Waals surface area contributed by atoms with E-state index in [0.29, 0.717) is 6.42 Å². The molecule has 0 spiro atoms. The standard InChI is InChI=1S/C18H29N5O2/c1-3-4-5-17(24)22-8-6-21(7-9-22)16-14-15(2)19-18(20-16)23-10-12-25-13-11-23/h14H,3-13H2,1-2H3. The molecular weight excluding hydrogens is 318 g/mol. The van der Waals surface area contributed by atoms with E-state index >= 15 is 0 Å². The zero-order chi connectivity index (χ0) is 17.6. The molecule has 2 fully saturated rings. The number of anilines is 2. The number of carbonyl (C=O) groups is 1. The van der Waals surface area contributed by atoms with Crippen LogP contribution in [-0.2, 0) is 9.53 Å². The van der Waals surface area contributed by atoms with Gasteiger partial charge in [0.15, 0.2) is 0 Å². The van der Waals surface area contributed by atoms with E-state index in [0.717, 1.165) is 82.8 Å². The average molecular weight is 347 g/mol. The van der Waals surface area contributed by atoms with Crippen LogP contribution in [0.15, 0.2) is 6.07 Å². The molecule has 25 heavy (non-hydrogen) atoms. The first-order valence-electron chi connectivity index (χ1n) is 9.38. The Morgan fingerprint density at radius 1 is 1.08 bits per heavy atom. The number of amides is 1. The number of aromatic nitrogens is 2. The van der Waals surface area contributed by atoms with Crippen LogP contribution in [0.4, 0.5) is 11.8 Å². The molecule has 2 saturated heterocycles. The maximum absolute atomic E-state index is 12.2. The molecule has 0 aliphatic carbocycles. The van der Waals surface area contributed by atoms with Crippen LogP contribution in [-0.4, -0.2) is 73.3 Å². The lowest BCUT2D eigenvalue weighted by molar-refractivity contribution is -0.131. The second-order valence-electron chi connectivity index (χ2n) is 6.74. The van der Waals surface area contributed by atoms with Crippen LogP contribution >= 0.6 is 0 Å². The molecule has 3 heterocycles. The van der Waals surface area contributed by atoms with Crippen molar-refractivity contribution >= 4 is 17.7 Å². The predicted octanol–water partition coefficient (Wildman–Crippen LogP) is 1.46. The van der Waals surface area contributed by atoms with Gasteiger partial charge in [-0.05, 0) is 13.3 Å². The van der Waals surface area contributed by atoms with Gasteiger partial charge in [-0.25, -0.2) is 4.98 Å². The number of nitrogens with zero attached hydrogens (tertiary/aromatic N) is 5. The highest BCUT2D eigenvalue weighted by Crippen LogP contribution is 2.20. The highest BCUT2D eigenvalue weighted by molar-refractivity contribution is 5.76. The van der Waals surface area contributed by atoms with Gasteiger partial charge in [-0.15, -0.1) is 0 Å². The van der Waals surface area contributed by atoms with Crippen molar-refractivity contribution in [2.75, 3.05) is 62.3 Å². The van der Waals surface area contributed by atoms with Gasteiger partial charge in [0, 0.05) is 57.4 Å². The Hall–Kier alpha value is -1.89. The Morgan fingerprint density at radius 3 is 2.48 bits per heavy atom. The fourth-order valence-electron chi connectivity index (χ4n) is 3.27. The molecule has 2 aliphatic heterocycles. The molecular formula is C18H29N5O2. The summed E-state index contributed by atoms with van der Waals surface area (Å²) in [5, 5.41) is 0. The summed E-state index contributed by atoms with van der Waals surface area (Å²) in [5.41, 5.74) is 0.980. The van der Waals surface area contributed by atoms with Crippen molar-refractivity contribution in [1.29, 1.82) is 0 Å². The Morgan fingerprint density at radius 2 is 1.80 bits per heavy atom. The maximum atomic E-state index is 12.2. The SMILES string of the molecule is CCCCC(=O)N1CCN(c2cc(C)nc(N3CCOCC3)n2)CC1. The van der Waals surface area contributed by atoms with Gasteiger partial charge in [-0.1, -0.05) is 13.3 Å². The smallest absolute Gasteiger partial charge is 0.227 e. The highest BCUT2D eigenvalue weighted by atomic mass is 16.5. The van der Waals surface area contributed by atoms with E-state index in [9.17, 15) is 4.79 Å². The van der Waals surface area contributed by atoms with Crippen molar-refractivity contribution in [3.05, 3.63) is 11.8 Å². The van der Waals surface area contributed by atoms with Gasteiger partial charge in [0.2, 0.25) is 11.9 Å². The first-order chi connectivity index (χ1) is 12.2. The number of morpholine rings is 1. The number of hydrogen-bond acceptors (Lipinski definition) is 6. The fourth-order valence-corrected chi connectivity index (χ4v) is 3.27. The molecule has 0 saturated carbocycles. The summed E-state index contributed by atoms with van der Waals surface area (Å²) >= 11 is 0. The number of piperazine rings is 1. The molecule has 0 radical (unpaired) electrons. The number of carbonyl (C=O) groups excluding carboxylic acids is 1. The van der Waals surface area contributed by atoms with Gasteiger partial charge in [-0.3, -0.25) is 4.79 Å². The molecule has 7 nitrogen and oxygen atoms in total.